The van der Waals surface area contributed by atoms with Gasteiger partial charge < -0.3 is 9.84 Å². The van der Waals surface area contributed by atoms with Crippen LogP contribution in [0, 0.1) is 0 Å². The molecule has 3 nitrogen and oxygen atoms in total. The summed E-state index contributed by atoms with van der Waals surface area (Å²) in [5.74, 6) is 0.230. The van der Waals surface area contributed by atoms with Crippen molar-refractivity contribution in [1.82, 2.24) is 4.98 Å². The van der Waals surface area contributed by atoms with Crippen LogP contribution >= 0.6 is 0 Å². The summed E-state index contributed by atoms with van der Waals surface area (Å²) < 4.78 is 5.00. The number of aliphatic hydroxyl groups is 1. The fourth-order valence-corrected chi connectivity index (χ4v) is 2.46. The SMILES string of the molecule is COCCCC(O)C1CCc2cccnc21. The van der Waals surface area contributed by atoms with E-state index < -0.39 is 0 Å². The molecule has 2 unspecified atom stereocenters. The molecule has 0 saturated carbocycles. The maximum absolute atomic E-state index is 10.1. The van der Waals surface area contributed by atoms with E-state index in [0.29, 0.717) is 0 Å². The number of fused-ring (bicyclic) bond motifs is 1. The van der Waals surface area contributed by atoms with Gasteiger partial charge in [0.05, 0.1) is 6.10 Å². The Morgan fingerprint density at radius 1 is 1.62 bits per heavy atom. The highest BCUT2D eigenvalue weighted by Gasteiger charge is 2.29. The predicted octanol–water partition coefficient (Wildman–Crippen LogP) is 1.90. The number of pyridine rings is 1. The third-order valence-electron chi connectivity index (χ3n) is 3.31. The molecule has 0 radical (unpaired) electrons. The average molecular weight is 221 g/mol. The third-order valence-corrected chi connectivity index (χ3v) is 3.31. The van der Waals surface area contributed by atoms with Gasteiger partial charge in [0.15, 0.2) is 0 Å². The fourth-order valence-electron chi connectivity index (χ4n) is 2.46. The molecule has 0 spiro atoms. The van der Waals surface area contributed by atoms with Crippen LogP contribution in [0.5, 0.6) is 0 Å². The first-order valence-electron chi connectivity index (χ1n) is 5.93. The van der Waals surface area contributed by atoms with Crippen molar-refractivity contribution in [2.45, 2.75) is 37.7 Å². The van der Waals surface area contributed by atoms with Gasteiger partial charge >= 0.3 is 0 Å². The minimum Gasteiger partial charge on any atom is -0.392 e. The van der Waals surface area contributed by atoms with E-state index in [1.807, 2.05) is 12.3 Å². The van der Waals surface area contributed by atoms with Crippen LogP contribution in [0.4, 0.5) is 0 Å². The number of aryl methyl sites for hydroxylation is 1. The molecule has 0 bridgehead atoms. The molecule has 1 heterocycles. The highest BCUT2D eigenvalue weighted by Crippen LogP contribution is 2.34. The molecule has 0 amide bonds. The topological polar surface area (TPSA) is 42.4 Å². The second kappa shape index (κ2) is 5.41. The normalized spacial score (nSPS) is 20.8. The van der Waals surface area contributed by atoms with Crippen molar-refractivity contribution in [2.75, 3.05) is 13.7 Å². The number of nitrogens with zero attached hydrogens (tertiary/aromatic N) is 1. The number of hydrogen-bond acceptors (Lipinski definition) is 3. The Hall–Kier alpha value is -0.930. The van der Waals surface area contributed by atoms with E-state index >= 15 is 0 Å². The minimum atomic E-state index is -0.272. The molecule has 0 fully saturated rings. The van der Waals surface area contributed by atoms with Crippen molar-refractivity contribution in [3.8, 4) is 0 Å². The van der Waals surface area contributed by atoms with Gasteiger partial charge in [-0.3, -0.25) is 4.98 Å². The molecular formula is C13H19NO2. The second-order valence-electron chi connectivity index (χ2n) is 4.40. The lowest BCUT2D eigenvalue weighted by molar-refractivity contribution is 0.112. The van der Waals surface area contributed by atoms with Gasteiger partial charge in [-0.05, 0) is 37.3 Å². The maximum Gasteiger partial charge on any atom is 0.0624 e. The monoisotopic (exact) mass is 221 g/mol. The zero-order chi connectivity index (χ0) is 11.4. The Labute approximate surface area is 96.5 Å². The Morgan fingerprint density at radius 2 is 2.50 bits per heavy atom. The van der Waals surface area contributed by atoms with Crippen LogP contribution < -0.4 is 0 Å². The Kier molecular flexibility index (Phi) is 3.91. The molecule has 1 aromatic rings. The molecule has 1 aromatic heterocycles. The van der Waals surface area contributed by atoms with E-state index in [-0.39, 0.29) is 12.0 Å². The molecule has 0 aromatic carbocycles. The van der Waals surface area contributed by atoms with Crippen LogP contribution in [-0.4, -0.2) is 29.9 Å². The fraction of sp³-hybridized carbons (Fsp3) is 0.615. The van der Waals surface area contributed by atoms with Crippen LogP contribution in [0.15, 0.2) is 18.3 Å². The first kappa shape index (κ1) is 11.6. The smallest absolute Gasteiger partial charge is 0.0624 e. The Bertz CT molecular complexity index is 340. The van der Waals surface area contributed by atoms with Crippen LogP contribution in [0.2, 0.25) is 0 Å². The van der Waals surface area contributed by atoms with Crippen LogP contribution in [0.1, 0.15) is 36.4 Å². The highest BCUT2D eigenvalue weighted by atomic mass is 16.5. The Balaban J connectivity index is 1.96. The molecule has 3 heteroatoms. The van der Waals surface area contributed by atoms with E-state index in [4.69, 9.17) is 4.74 Å². The lowest BCUT2D eigenvalue weighted by atomic mass is 9.96. The lowest BCUT2D eigenvalue weighted by Gasteiger charge is -2.18. The minimum absolute atomic E-state index is 0.230. The van der Waals surface area contributed by atoms with Crippen molar-refractivity contribution in [1.29, 1.82) is 0 Å². The van der Waals surface area contributed by atoms with Crippen LogP contribution in [-0.2, 0) is 11.2 Å². The molecule has 2 rings (SSSR count). The summed E-state index contributed by atoms with van der Waals surface area (Å²) >= 11 is 0. The highest BCUT2D eigenvalue weighted by molar-refractivity contribution is 5.29. The van der Waals surface area contributed by atoms with Gasteiger partial charge in [0.25, 0.3) is 0 Å². The van der Waals surface area contributed by atoms with Gasteiger partial charge in [-0.15, -0.1) is 0 Å². The van der Waals surface area contributed by atoms with Gasteiger partial charge in [-0.25, -0.2) is 0 Å². The number of rotatable bonds is 5. The van der Waals surface area contributed by atoms with Gasteiger partial charge in [-0.2, -0.15) is 0 Å². The summed E-state index contributed by atoms with van der Waals surface area (Å²) in [6, 6.07) is 4.09. The molecule has 1 aliphatic rings. The second-order valence-corrected chi connectivity index (χ2v) is 4.40. The number of aliphatic hydroxyl groups excluding tert-OH is 1. The zero-order valence-electron chi connectivity index (χ0n) is 9.72. The molecular weight excluding hydrogens is 202 g/mol. The number of hydrogen-bond donors (Lipinski definition) is 1. The summed E-state index contributed by atoms with van der Waals surface area (Å²) in [4.78, 5) is 4.40. The molecule has 1 N–H and O–H groups in total. The first-order chi connectivity index (χ1) is 7.83. The summed E-state index contributed by atoms with van der Waals surface area (Å²) in [7, 11) is 1.69. The molecule has 2 atom stereocenters. The molecule has 88 valence electrons. The maximum atomic E-state index is 10.1. The van der Waals surface area contributed by atoms with Crippen molar-refractivity contribution in [3.63, 3.8) is 0 Å². The number of ether oxygens (including phenoxy) is 1. The standard InChI is InChI=1S/C13H19NO2/c1-16-9-3-5-12(15)11-7-6-10-4-2-8-14-13(10)11/h2,4,8,11-12,15H,3,5-7,9H2,1H3. The van der Waals surface area contributed by atoms with Crippen molar-refractivity contribution >= 4 is 0 Å². The largest absolute Gasteiger partial charge is 0.392 e. The van der Waals surface area contributed by atoms with Gasteiger partial charge in [0.1, 0.15) is 0 Å². The van der Waals surface area contributed by atoms with E-state index in [1.165, 1.54) is 5.56 Å². The van der Waals surface area contributed by atoms with Gasteiger partial charge in [-0.1, -0.05) is 6.07 Å². The average Bonchev–Trinajstić information content (AvgIpc) is 2.73. The quantitative estimate of drug-likeness (QED) is 0.772. The molecule has 16 heavy (non-hydrogen) atoms. The van der Waals surface area contributed by atoms with Crippen LogP contribution in [0.25, 0.3) is 0 Å². The molecule has 1 aliphatic carbocycles. The zero-order valence-corrected chi connectivity index (χ0v) is 9.72. The van der Waals surface area contributed by atoms with Crippen LogP contribution in [0.3, 0.4) is 0 Å². The van der Waals surface area contributed by atoms with E-state index in [9.17, 15) is 5.11 Å². The van der Waals surface area contributed by atoms with E-state index in [2.05, 4.69) is 11.1 Å². The first-order valence-corrected chi connectivity index (χ1v) is 5.93. The summed E-state index contributed by atoms with van der Waals surface area (Å²) in [5.41, 5.74) is 2.41. The molecule has 0 aliphatic heterocycles. The van der Waals surface area contributed by atoms with Crippen molar-refractivity contribution in [3.05, 3.63) is 29.6 Å². The summed E-state index contributed by atoms with van der Waals surface area (Å²) in [6.45, 7) is 0.721. The van der Waals surface area contributed by atoms with E-state index in [1.54, 1.807) is 7.11 Å². The van der Waals surface area contributed by atoms with Gasteiger partial charge in [0.2, 0.25) is 0 Å². The van der Waals surface area contributed by atoms with Crippen molar-refractivity contribution in [2.24, 2.45) is 0 Å². The summed E-state index contributed by atoms with van der Waals surface area (Å²) in [5, 5.41) is 10.1. The number of methoxy groups -OCH3 is 1. The van der Waals surface area contributed by atoms with Gasteiger partial charge in [0, 0.05) is 31.5 Å². The Morgan fingerprint density at radius 3 is 3.31 bits per heavy atom. The number of aromatic nitrogens is 1. The summed E-state index contributed by atoms with van der Waals surface area (Å²) in [6.07, 6.45) is 5.34. The third kappa shape index (κ3) is 2.42. The molecule has 0 saturated heterocycles. The van der Waals surface area contributed by atoms with Crippen molar-refractivity contribution < 1.29 is 9.84 Å². The van der Waals surface area contributed by atoms with E-state index in [0.717, 1.165) is 38.0 Å². The lowest BCUT2D eigenvalue weighted by Crippen LogP contribution is -2.17. The predicted molar refractivity (Wildman–Crippen MR) is 62.4 cm³/mol.